The van der Waals surface area contributed by atoms with Crippen LogP contribution in [0.5, 0.6) is 11.5 Å². The summed E-state index contributed by atoms with van der Waals surface area (Å²) in [5, 5.41) is 5.58. The average molecular weight is 490 g/mol. The lowest BCUT2D eigenvalue weighted by Crippen LogP contribution is -2.45. The molecule has 1 aliphatic heterocycles. The third-order valence-electron chi connectivity index (χ3n) is 5.75. The Morgan fingerprint density at radius 1 is 0.971 bits per heavy atom. The van der Waals surface area contributed by atoms with E-state index < -0.39 is 15.9 Å². The standard InChI is InChI=1S/C24H31N3O6S/c1-32-20-7-5-18(6-8-20)16-26-23(28)13-14-25-24(29)19-4-3-15-27(17-19)34(30,31)22-11-9-21(33-2)10-12-22/h5-12,19H,3-4,13-17H2,1-2H3,(H,25,29)(H,26,28). The number of nitrogens with zero attached hydrogens (tertiary/aromatic N) is 1. The molecule has 1 atom stereocenters. The van der Waals surface area contributed by atoms with E-state index in [2.05, 4.69) is 10.6 Å². The van der Waals surface area contributed by atoms with Crippen LogP contribution in [0.2, 0.25) is 0 Å². The van der Waals surface area contributed by atoms with Crippen molar-refractivity contribution in [2.45, 2.75) is 30.7 Å². The van der Waals surface area contributed by atoms with E-state index in [0.717, 1.165) is 11.3 Å². The number of sulfonamides is 1. The Kier molecular flexibility index (Phi) is 8.89. The van der Waals surface area contributed by atoms with Gasteiger partial charge < -0.3 is 20.1 Å². The number of hydrogen-bond donors (Lipinski definition) is 2. The molecule has 1 heterocycles. The van der Waals surface area contributed by atoms with E-state index in [1.165, 1.54) is 23.5 Å². The smallest absolute Gasteiger partial charge is 0.243 e. The zero-order valence-electron chi connectivity index (χ0n) is 19.5. The molecule has 1 unspecified atom stereocenters. The molecule has 184 valence electrons. The van der Waals surface area contributed by atoms with Gasteiger partial charge in [-0.25, -0.2) is 8.42 Å². The molecule has 1 aliphatic rings. The van der Waals surface area contributed by atoms with Crippen molar-refractivity contribution in [3.8, 4) is 11.5 Å². The van der Waals surface area contributed by atoms with Gasteiger partial charge in [0.15, 0.2) is 0 Å². The molecule has 2 aromatic carbocycles. The second-order valence-corrected chi connectivity index (χ2v) is 9.98. The summed E-state index contributed by atoms with van der Waals surface area (Å²) in [5.74, 6) is 0.448. The number of ether oxygens (including phenoxy) is 2. The maximum absolute atomic E-state index is 13.0. The van der Waals surface area contributed by atoms with Crippen LogP contribution >= 0.6 is 0 Å². The highest BCUT2D eigenvalue weighted by Crippen LogP contribution is 2.25. The lowest BCUT2D eigenvalue weighted by molar-refractivity contribution is -0.126. The first-order valence-electron chi connectivity index (χ1n) is 11.1. The molecule has 3 rings (SSSR count). The second-order valence-electron chi connectivity index (χ2n) is 8.04. The molecule has 2 N–H and O–H groups in total. The molecule has 0 bridgehead atoms. The lowest BCUT2D eigenvalue weighted by Gasteiger charge is -2.31. The van der Waals surface area contributed by atoms with Gasteiger partial charge in [-0.3, -0.25) is 9.59 Å². The third-order valence-corrected chi connectivity index (χ3v) is 7.63. The fourth-order valence-corrected chi connectivity index (χ4v) is 5.27. The van der Waals surface area contributed by atoms with Crippen molar-refractivity contribution in [2.75, 3.05) is 33.9 Å². The Labute approximate surface area is 200 Å². The van der Waals surface area contributed by atoms with Crippen LogP contribution in [0.15, 0.2) is 53.4 Å². The number of benzene rings is 2. The molecule has 1 saturated heterocycles. The van der Waals surface area contributed by atoms with Crippen LogP contribution in [0.3, 0.4) is 0 Å². The molecule has 2 amide bonds. The Morgan fingerprint density at radius 3 is 2.21 bits per heavy atom. The minimum absolute atomic E-state index is 0.115. The minimum atomic E-state index is -3.70. The molecule has 1 fully saturated rings. The van der Waals surface area contributed by atoms with E-state index in [1.807, 2.05) is 24.3 Å². The van der Waals surface area contributed by atoms with Crippen molar-refractivity contribution in [1.29, 1.82) is 0 Å². The van der Waals surface area contributed by atoms with Gasteiger partial charge in [-0.15, -0.1) is 0 Å². The molecular formula is C24H31N3O6S. The van der Waals surface area contributed by atoms with Gasteiger partial charge in [0.25, 0.3) is 0 Å². The summed E-state index contributed by atoms with van der Waals surface area (Å²) in [6.45, 7) is 1.06. The molecule has 9 nitrogen and oxygen atoms in total. The quantitative estimate of drug-likeness (QED) is 0.527. The Balaban J connectivity index is 1.44. The number of rotatable bonds is 10. The van der Waals surface area contributed by atoms with Crippen molar-refractivity contribution < 1.29 is 27.5 Å². The topological polar surface area (TPSA) is 114 Å². The normalized spacial score (nSPS) is 16.5. The SMILES string of the molecule is COc1ccc(CNC(=O)CCNC(=O)C2CCCN(S(=O)(=O)c3ccc(OC)cc3)C2)cc1. The van der Waals surface area contributed by atoms with Gasteiger partial charge in [0, 0.05) is 32.6 Å². The van der Waals surface area contributed by atoms with Gasteiger partial charge in [-0.1, -0.05) is 12.1 Å². The summed E-state index contributed by atoms with van der Waals surface area (Å²) in [6.07, 6.45) is 1.34. The highest BCUT2D eigenvalue weighted by atomic mass is 32.2. The number of amides is 2. The van der Waals surface area contributed by atoms with E-state index in [1.54, 1.807) is 19.2 Å². The third kappa shape index (κ3) is 6.71. The Hall–Kier alpha value is -3.11. The van der Waals surface area contributed by atoms with Gasteiger partial charge >= 0.3 is 0 Å². The van der Waals surface area contributed by atoms with Gasteiger partial charge in [-0.2, -0.15) is 4.31 Å². The summed E-state index contributed by atoms with van der Waals surface area (Å²) in [6, 6.07) is 13.6. The first-order valence-corrected chi connectivity index (χ1v) is 12.6. The predicted molar refractivity (Wildman–Crippen MR) is 127 cm³/mol. The first-order chi connectivity index (χ1) is 16.3. The summed E-state index contributed by atoms with van der Waals surface area (Å²) in [7, 11) is -0.591. The van der Waals surface area contributed by atoms with Crippen molar-refractivity contribution in [1.82, 2.24) is 14.9 Å². The average Bonchev–Trinajstić information content (AvgIpc) is 2.87. The zero-order valence-corrected chi connectivity index (χ0v) is 20.3. The molecule has 10 heteroatoms. The summed E-state index contributed by atoms with van der Waals surface area (Å²) < 4.78 is 37.5. The van der Waals surface area contributed by atoms with Crippen LogP contribution in [0.1, 0.15) is 24.8 Å². The number of methoxy groups -OCH3 is 2. The number of hydrogen-bond acceptors (Lipinski definition) is 6. The van der Waals surface area contributed by atoms with E-state index in [9.17, 15) is 18.0 Å². The second kappa shape index (κ2) is 11.8. The van der Waals surface area contributed by atoms with Crippen LogP contribution < -0.4 is 20.1 Å². The Bertz CT molecular complexity index is 1070. The van der Waals surface area contributed by atoms with Gasteiger partial charge in [0.2, 0.25) is 21.8 Å². The van der Waals surface area contributed by atoms with Crippen LogP contribution in [-0.4, -0.2) is 58.4 Å². The maximum atomic E-state index is 13.0. The number of nitrogens with one attached hydrogen (secondary N) is 2. The summed E-state index contributed by atoms with van der Waals surface area (Å²) in [4.78, 5) is 24.9. The number of piperidine rings is 1. The van der Waals surface area contributed by atoms with Crippen molar-refractivity contribution in [2.24, 2.45) is 5.92 Å². The maximum Gasteiger partial charge on any atom is 0.243 e. The van der Waals surface area contributed by atoms with Crippen LogP contribution in [0.4, 0.5) is 0 Å². The van der Waals surface area contributed by atoms with E-state index in [4.69, 9.17) is 9.47 Å². The van der Waals surface area contributed by atoms with Gasteiger partial charge in [0.05, 0.1) is 25.0 Å². The molecule has 0 spiro atoms. The number of carbonyl (C=O) groups is 2. The summed E-state index contributed by atoms with van der Waals surface area (Å²) >= 11 is 0. The Morgan fingerprint density at radius 2 is 1.59 bits per heavy atom. The zero-order chi connectivity index (χ0) is 24.6. The first kappa shape index (κ1) is 25.5. The molecule has 0 radical (unpaired) electrons. The molecule has 0 aromatic heterocycles. The largest absolute Gasteiger partial charge is 0.497 e. The van der Waals surface area contributed by atoms with Gasteiger partial charge in [-0.05, 0) is 54.8 Å². The summed E-state index contributed by atoms with van der Waals surface area (Å²) in [5.41, 5.74) is 0.943. The van der Waals surface area contributed by atoms with Crippen LogP contribution in [0, 0.1) is 5.92 Å². The van der Waals surface area contributed by atoms with Crippen LogP contribution in [-0.2, 0) is 26.2 Å². The van der Waals surface area contributed by atoms with Crippen molar-refractivity contribution in [3.05, 3.63) is 54.1 Å². The highest BCUT2D eigenvalue weighted by Gasteiger charge is 2.33. The van der Waals surface area contributed by atoms with E-state index >= 15 is 0 Å². The van der Waals surface area contributed by atoms with E-state index in [0.29, 0.717) is 31.7 Å². The lowest BCUT2D eigenvalue weighted by atomic mass is 9.99. The van der Waals surface area contributed by atoms with E-state index in [-0.39, 0.29) is 36.2 Å². The molecule has 2 aromatic rings. The number of carbonyl (C=O) groups excluding carboxylic acids is 2. The van der Waals surface area contributed by atoms with Crippen molar-refractivity contribution >= 4 is 21.8 Å². The van der Waals surface area contributed by atoms with Gasteiger partial charge in [0.1, 0.15) is 11.5 Å². The molecule has 34 heavy (non-hydrogen) atoms. The molecular weight excluding hydrogens is 458 g/mol. The fraction of sp³-hybridized carbons (Fsp3) is 0.417. The van der Waals surface area contributed by atoms with Crippen molar-refractivity contribution in [3.63, 3.8) is 0 Å². The highest BCUT2D eigenvalue weighted by molar-refractivity contribution is 7.89. The minimum Gasteiger partial charge on any atom is -0.497 e. The fourth-order valence-electron chi connectivity index (χ4n) is 3.75. The molecule has 0 saturated carbocycles. The monoisotopic (exact) mass is 489 g/mol. The molecule has 0 aliphatic carbocycles. The predicted octanol–water partition coefficient (Wildman–Crippen LogP) is 1.93. The van der Waals surface area contributed by atoms with Crippen LogP contribution in [0.25, 0.3) is 0 Å².